The lowest BCUT2D eigenvalue weighted by Crippen LogP contribution is -1.67. The van der Waals surface area contributed by atoms with E-state index in [-0.39, 0.29) is 5.12 Å². The van der Waals surface area contributed by atoms with E-state index in [0.29, 0.717) is 0 Å². The third-order valence-electron chi connectivity index (χ3n) is 0.109. The summed E-state index contributed by atoms with van der Waals surface area (Å²) >= 11 is 2.88. The van der Waals surface area contributed by atoms with Gasteiger partial charge in [0.05, 0.1) is 0 Å². The highest BCUT2D eigenvalue weighted by Crippen LogP contribution is 2.08. The Hall–Kier alpha value is 0.500. The first-order valence-corrected chi connectivity index (χ1v) is 3.72. The molecule has 0 N–H and O–H groups in total. The molecule has 5 heavy (non-hydrogen) atoms. The molecular formula is C2H3BrOS. The zero-order valence-corrected chi connectivity index (χ0v) is 5.10. The fraction of sp³-hybridized carbons (Fsp3) is 0.500. The Bertz CT molecular complexity index is 44.9. The summed E-state index contributed by atoms with van der Waals surface area (Å²) in [5, 5.41) is 0.0880. The van der Waals surface area contributed by atoms with E-state index in [1.807, 2.05) is 0 Å². The smallest absolute Gasteiger partial charge is 0.196 e. The minimum atomic E-state index is 0.0880. The van der Waals surface area contributed by atoms with Crippen LogP contribution >= 0.6 is 25.0 Å². The molecule has 0 amide bonds. The highest BCUT2D eigenvalue weighted by molar-refractivity contribution is 9.52. The monoisotopic (exact) mass is 154 g/mol. The predicted octanol–water partition coefficient (Wildman–Crippen LogP) is 1.58. The van der Waals surface area contributed by atoms with Crippen molar-refractivity contribution in [2.75, 3.05) is 0 Å². The molecular weight excluding hydrogens is 152 g/mol. The van der Waals surface area contributed by atoms with Gasteiger partial charge in [-0.1, -0.05) is 0 Å². The molecule has 30 valence electrons. The van der Waals surface area contributed by atoms with Crippen molar-refractivity contribution in [3.63, 3.8) is 0 Å². The molecule has 0 heterocycles. The summed E-state index contributed by atoms with van der Waals surface area (Å²) in [7, 11) is 1.05. The van der Waals surface area contributed by atoms with Crippen molar-refractivity contribution in [1.82, 2.24) is 0 Å². The summed E-state index contributed by atoms with van der Waals surface area (Å²) in [4.78, 5) is 9.73. The minimum absolute atomic E-state index is 0.0880. The molecule has 3 heteroatoms. The minimum Gasteiger partial charge on any atom is -0.287 e. The van der Waals surface area contributed by atoms with Crippen molar-refractivity contribution < 1.29 is 4.79 Å². The van der Waals surface area contributed by atoms with Gasteiger partial charge in [-0.3, -0.25) is 4.79 Å². The first-order chi connectivity index (χ1) is 2.27. The van der Waals surface area contributed by atoms with E-state index in [1.54, 1.807) is 0 Å². The van der Waals surface area contributed by atoms with Crippen molar-refractivity contribution in [3.05, 3.63) is 0 Å². The molecule has 0 aliphatic carbocycles. The standard InChI is InChI=1S/C2H3BrOS/c1-2(4)5-3/h1H3. The van der Waals surface area contributed by atoms with E-state index in [2.05, 4.69) is 14.8 Å². The van der Waals surface area contributed by atoms with Gasteiger partial charge in [-0.05, 0) is 25.0 Å². The van der Waals surface area contributed by atoms with Crippen LogP contribution < -0.4 is 0 Å². The Morgan fingerprint density at radius 1 is 2.00 bits per heavy atom. The van der Waals surface area contributed by atoms with Crippen molar-refractivity contribution in [3.8, 4) is 0 Å². The average molecular weight is 155 g/mol. The Balaban J connectivity index is 2.85. The zero-order chi connectivity index (χ0) is 4.28. The average Bonchev–Trinajstić information content (AvgIpc) is 1.38. The van der Waals surface area contributed by atoms with E-state index in [9.17, 15) is 4.79 Å². The first kappa shape index (κ1) is 5.50. The predicted molar refractivity (Wildman–Crippen MR) is 27.2 cm³/mol. The second-order valence-electron chi connectivity index (χ2n) is 0.569. The van der Waals surface area contributed by atoms with Crippen LogP contribution in [0.3, 0.4) is 0 Å². The zero-order valence-electron chi connectivity index (χ0n) is 2.69. The van der Waals surface area contributed by atoms with Gasteiger partial charge in [-0.15, -0.1) is 0 Å². The van der Waals surface area contributed by atoms with E-state index in [1.165, 1.54) is 6.92 Å². The Kier molecular flexibility index (Phi) is 2.99. The van der Waals surface area contributed by atoms with E-state index >= 15 is 0 Å². The van der Waals surface area contributed by atoms with Crippen LogP contribution in [0.2, 0.25) is 0 Å². The molecule has 0 aliphatic rings. The van der Waals surface area contributed by atoms with Crippen molar-refractivity contribution in [2.24, 2.45) is 0 Å². The number of halogens is 1. The summed E-state index contributed by atoms with van der Waals surface area (Å²) in [5.41, 5.74) is 0. The van der Waals surface area contributed by atoms with Gasteiger partial charge in [-0.2, -0.15) is 0 Å². The van der Waals surface area contributed by atoms with Crippen LogP contribution in [0.25, 0.3) is 0 Å². The first-order valence-electron chi connectivity index (χ1n) is 1.06. The molecule has 0 spiro atoms. The molecule has 0 rings (SSSR count). The summed E-state index contributed by atoms with van der Waals surface area (Å²) in [5.74, 6) is 0. The molecule has 0 radical (unpaired) electrons. The molecule has 0 aliphatic heterocycles. The van der Waals surface area contributed by atoms with Crippen molar-refractivity contribution >= 4 is 30.1 Å². The highest BCUT2D eigenvalue weighted by Gasteiger charge is 1.80. The molecule has 0 unspecified atom stereocenters. The normalized spacial score (nSPS) is 7.60. The van der Waals surface area contributed by atoms with Gasteiger partial charge >= 0.3 is 0 Å². The molecule has 0 aromatic rings. The lowest BCUT2D eigenvalue weighted by Gasteiger charge is -1.68. The molecule has 0 bridgehead atoms. The third-order valence-corrected chi connectivity index (χ3v) is 1.69. The van der Waals surface area contributed by atoms with Crippen LogP contribution in [0.5, 0.6) is 0 Å². The Morgan fingerprint density at radius 3 is 2.20 bits per heavy atom. The fourth-order valence-electron chi connectivity index (χ4n) is 0. The summed E-state index contributed by atoms with van der Waals surface area (Å²) in [6.45, 7) is 1.50. The summed E-state index contributed by atoms with van der Waals surface area (Å²) in [6, 6.07) is 0. The summed E-state index contributed by atoms with van der Waals surface area (Å²) in [6.07, 6.45) is 0. The Morgan fingerprint density at radius 2 is 2.20 bits per heavy atom. The number of carbonyl (C=O) groups is 1. The van der Waals surface area contributed by atoms with E-state index in [4.69, 9.17) is 0 Å². The van der Waals surface area contributed by atoms with Gasteiger partial charge < -0.3 is 0 Å². The van der Waals surface area contributed by atoms with Crippen LogP contribution in [-0.4, -0.2) is 5.12 Å². The largest absolute Gasteiger partial charge is 0.287 e. The van der Waals surface area contributed by atoms with Crippen molar-refractivity contribution in [2.45, 2.75) is 6.92 Å². The second kappa shape index (κ2) is 2.72. The molecule has 0 aromatic heterocycles. The van der Waals surface area contributed by atoms with Gasteiger partial charge in [0.25, 0.3) is 0 Å². The maximum atomic E-state index is 9.73. The van der Waals surface area contributed by atoms with Crippen LogP contribution in [-0.2, 0) is 4.79 Å². The fourth-order valence-corrected chi connectivity index (χ4v) is 0. The van der Waals surface area contributed by atoms with Gasteiger partial charge in [0, 0.05) is 6.92 Å². The number of rotatable bonds is 0. The molecule has 0 saturated carbocycles. The number of carbonyl (C=O) groups excluding carboxylic acids is 1. The highest BCUT2D eigenvalue weighted by atomic mass is 79.9. The Labute approximate surface area is 42.3 Å². The van der Waals surface area contributed by atoms with Crippen LogP contribution in [0.4, 0.5) is 0 Å². The summed E-state index contributed by atoms with van der Waals surface area (Å²) < 4.78 is 0. The molecule has 0 atom stereocenters. The van der Waals surface area contributed by atoms with Gasteiger partial charge in [0.15, 0.2) is 5.12 Å². The van der Waals surface area contributed by atoms with Crippen LogP contribution in [0.15, 0.2) is 0 Å². The molecule has 0 aromatic carbocycles. The van der Waals surface area contributed by atoms with Gasteiger partial charge in [-0.25, -0.2) is 0 Å². The lowest BCUT2D eigenvalue weighted by atomic mass is 10.9. The van der Waals surface area contributed by atoms with Crippen LogP contribution in [0, 0.1) is 0 Å². The number of hydrogen-bond donors (Lipinski definition) is 0. The molecule has 0 saturated heterocycles. The molecule has 0 fully saturated rings. The number of hydrogen-bond acceptors (Lipinski definition) is 2. The third kappa shape index (κ3) is 4.50. The topological polar surface area (TPSA) is 17.1 Å². The van der Waals surface area contributed by atoms with E-state index in [0.717, 1.165) is 10.2 Å². The molecule has 1 nitrogen and oxygen atoms in total. The van der Waals surface area contributed by atoms with Gasteiger partial charge in [0.1, 0.15) is 0 Å². The van der Waals surface area contributed by atoms with E-state index < -0.39 is 0 Å². The van der Waals surface area contributed by atoms with Crippen LogP contribution in [0.1, 0.15) is 6.92 Å². The van der Waals surface area contributed by atoms with Gasteiger partial charge in [0.2, 0.25) is 0 Å². The SMILES string of the molecule is CC(=O)SBr. The maximum absolute atomic E-state index is 9.73. The quantitative estimate of drug-likeness (QED) is 0.528. The van der Waals surface area contributed by atoms with Crippen molar-refractivity contribution in [1.29, 1.82) is 0 Å². The maximum Gasteiger partial charge on any atom is 0.196 e. The second-order valence-corrected chi connectivity index (χ2v) is 2.27. The lowest BCUT2D eigenvalue weighted by molar-refractivity contribution is -0.109.